The van der Waals surface area contributed by atoms with Gasteiger partial charge in [0.25, 0.3) is 11.0 Å². The lowest BCUT2D eigenvalue weighted by Gasteiger charge is -2.00. The van der Waals surface area contributed by atoms with E-state index in [1.165, 1.54) is 64.2 Å². The summed E-state index contributed by atoms with van der Waals surface area (Å²) in [4.78, 5) is 0. The van der Waals surface area contributed by atoms with E-state index in [4.69, 9.17) is 18.7 Å². The zero-order valence-corrected chi connectivity index (χ0v) is 12.0. The third kappa shape index (κ3) is 31.3. The number of hydrogen-bond acceptors (Lipinski definition) is 3. The van der Waals surface area contributed by atoms with Gasteiger partial charge in [0.2, 0.25) is 0 Å². The van der Waals surface area contributed by atoms with Crippen molar-refractivity contribution in [3.8, 4) is 0 Å². The van der Waals surface area contributed by atoms with Gasteiger partial charge in [0.1, 0.15) is 0 Å². The fourth-order valence-corrected chi connectivity index (χ4v) is 1.63. The first kappa shape index (κ1) is 19.2. The molecular formula is C12H29NO3S. The molecule has 0 spiro atoms. The minimum absolute atomic E-state index is 0.872. The molecule has 0 fully saturated rings. The maximum atomic E-state index is 8.59. The molecule has 0 radical (unpaired) electrons. The van der Waals surface area contributed by atoms with Crippen molar-refractivity contribution < 1.29 is 13.0 Å². The molecule has 0 aliphatic heterocycles. The fraction of sp³-hybridized carbons (Fsp3) is 1.00. The lowest BCUT2D eigenvalue weighted by Crippen LogP contribution is -1.97. The molecule has 0 rings (SSSR count). The second kappa shape index (κ2) is 18.2. The van der Waals surface area contributed by atoms with Crippen LogP contribution in [-0.2, 0) is 11.0 Å². The normalized spacial score (nSPS) is 10.1. The zero-order chi connectivity index (χ0) is 13.4. The molecule has 0 atom stereocenters. The summed E-state index contributed by atoms with van der Waals surface area (Å²) in [6.07, 6.45) is 13.9. The van der Waals surface area contributed by atoms with Gasteiger partial charge < -0.3 is 5.73 Å². The Balaban J connectivity index is 0. The van der Waals surface area contributed by atoms with Crippen LogP contribution in [0.5, 0.6) is 0 Å². The van der Waals surface area contributed by atoms with E-state index in [-0.39, 0.29) is 0 Å². The predicted molar refractivity (Wildman–Crippen MR) is 73.8 cm³/mol. The van der Waals surface area contributed by atoms with Crippen LogP contribution in [0.3, 0.4) is 0 Å². The van der Waals surface area contributed by atoms with E-state index in [9.17, 15) is 0 Å². The molecule has 3 N–H and O–H groups in total. The molecule has 106 valence electrons. The van der Waals surface area contributed by atoms with Crippen LogP contribution in [0.1, 0.15) is 71.1 Å². The number of unbranched alkanes of at least 4 members (excludes halogenated alkanes) is 9. The molecule has 0 saturated carbocycles. The number of nitrogens with two attached hydrogens (primary N) is 1. The molecule has 0 saturated heterocycles. The van der Waals surface area contributed by atoms with Crippen molar-refractivity contribution in [2.45, 2.75) is 71.1 Å². The van der Waals surface area contributed by atoms with Crippen LogP contribution >= 0.6 is 0 Å². The Kier molecular flexibility index (Phi) is 20.6. The smallest absolute Gasteiger partial charge is 0.254 e. The SMILES string of the molecule is CCCCCCCCCCCCN.O=[SH](=O)O. The van der Waals surface area contributed by atoms with Gasteiger partial charge in [-0.15, -0.1) is 0 Å². The van der Waals surface area contributed by atoms with Gasteiger partial charge in [-0.05, 0) is 13.0 Å². The summed E-state index contributed by atoms with van der Waals surface area (Å²) in [6, 6.07) is 0. The van der Waals surface area contributed by atoms with Gasteiger partial charge in [-0.3, -0.25) is 4.55 Å². The highest BCUT2D eigenvalue weighted by Crippen LogP contribution is 2.09. The van der Waals surface area contributed by atoms with E-state index in [1.807, 2.05) is 0 Å². The highest BCUT2D eigenvalue weighted by Gasteiger charge is 1.91. The number of rotatable bonds is 10. The van der Waals surface area contributed by atoms with Crippen LogP contribution in [0.15, 0.2) is 0 Å². The van der Waals surface area contributed by atoms with E-state index >= 15 is 0 Å². The summed E-state index contributed by atoms with van der Waals surface area (Å²) in [7, 11) is -3.12. The van der Waals surface area contributed by atoms with E-state index < -0.39 is 11.0 Å². The first-order chi connectivity index (χ1) is 8.15. The zero-order valence-electron chi connectivity index (χ0n) is 11.1. The monoisotopic (exact) mass is 267 g/mol. The largest absolute Gasteiger partial charge is 0.330 e. The van der Waals surface area contributed by atoms with Crippen LogP contribution in [0.2, 0.25) is 0 Å². The summed E-state index contributed by atoms with van der Waals surface area (Å²) in [5.74, 6) is 0. The molecule has 17 heavy (non-hydrogen) atoms. The van der Waals surface area contributed by atoms with E-state index in [1.54, 1.807) is 0 Å². The maximum absolute atomic E-state index is 8.59. The van der Waals surface area contributed by atoms with Gasteiger partial charge >= 0.3 is 0 Å². The number of thiol groups is 1. The minimum Gasteiger partial charge on any atom is -0.330 e. The molecule has 0 unspecified atom stereocenters. The average Bonchev–Trinajstić information content (AvgIpc) is 2.26. The lowest BCUT2D eigenvalue weighted by molar-refractivity contribution is 0.509. The highest BCUT2D eigenvalue weighted by atomic mass is 32.2. The predicted octanol–water partition coefficient (Wildman–Crippen LogP) is 2.94. The van der Waals surface area contributed by atoms with Crippen molar-refractivity contribution >= 4 is 11.0 Å². The maximum Gasteiger partial charge on any atom is 0.254 e. The summed E-state index contributed by atoms with van der Waals surface area (Å²) in [6.45, 7) is 3.14. The van der Waals surface area contributed by atoms with Crippen LogP contribution in [0, 0.1) is 0 Å². The number of hydrogen-bond donors (Lipinski definition) is 3. The molecule has 0 heterocycles. The van der Waals surface area contributed by atoms with Crippen LogP contribution in [0.4, 0.5) is 0 Å². The van der Waals surface area contributed by atoms with Gasteiger partial charge in [-0.25, -0.2) is 8.42 Å². The Hall–Kier alpha value is -0.130. The first-order valence-electron chi connectivity index (χ1n) is 6.68. The lowest BCUT2D eigenvalue weighted by atomic mass is 10.1. The molecule has 0 aromatic carbocycles. The molecule has 0 bridgehead atoms. The first-order valence-corrected chi connectivity index (χ1v) is 7.81. The molecule has 0 aliphatic carbocycles. The second-order valence-corrected chi connectivity index (χ2v) is 4.68. The summed E-state index contributed by atoms with van der Waals surface area (Å²) < 4.78 is 24.2. The van der Waals surface area contributed by atoms with Crippen molar-refractivity contribution in [1.82, 2.24) is 0 Å². The van der Waals surface area contributed by atoms with E-state index in [2.05, 4.69) is 6.92 Å². The van der Waals surface area contributed by atoms with Gasteiger partial charge in [0.05, 0.1) is 0 Å². The van der Waals surface area contributed by atoms with Gasteiger partial charge in [-0.2, -0.15) is 0 Å². The average molecular weight is 267 g/mol. The summed E-state index contributed by atoms with van der Waals surface area (Å²) in [5, 5.41) is 0. The highest BCUT2D eigenvalue weighted by molar-refractivity contribution is 7.66. The molecule has 0 aromatic rings. The summed E-state index contributed by atoms with van der Waals surface area (Å²) in [5.41, 5.74) is 5.42. The van der Waals surface area contributed by atoms with Crippen molar-refractivity contribution in [1.29, 1.82) is 0 Å². The Morgan fingerprint density at radius 1 is 0.824 bits per heavy atom. The van der Waals surface area contributed by atoms with Crippen molar-refractivity contribution in [3.05, 3.63) is 0 Å². The third-order valence-corrected chi connectivity index (χ3v) is 2.56. The summed E-state index contributed by atoms with van der Waals surface area (Å²) >= 11 is 0. The Labute approximate surface area is 108 Å². The van der Waals surface area contributed by atoms with E-state index in [0.717, 1.165) is 6.54 Å². The minimum atomic E-state index is -3.12. The Bertz CT molecular complexity index is 178. The molecule has 4 nitrogen and oxygen atoms in total. The van der Waals surface area contributed by atoms with Crippen molar-refractivity contribution in [3.63, 3.8) is 0 Å². The quantitative estimate of drug-likeness (QED) is 0.323. The topological polar surface area (TPSA) is 80.4 Å². The Morgan fingerprint density at radius 3 is 1.41 bits per heavy atom. The van der Waals surface area contributed by atoms with Gasteiger partial charge in [-0.1, -0.05) is 64.7 Å². The fourth-order valence-electron chi connectivity index (χ4n) is 1.63. The Morgan fingerprint density at radius 2 is 1.12 bits per heavy atom. The molecule has 0 amide bonds. The van der Waals surface area contributed by atoms with Crippen LogP contribution in [-0.4, -0.2) is 19.5 Å². The van der Waals surface area contributed by atoms with Gasteiger partial charge in [0, 0.05) is 0 Å². The van der Waals surface area contributed by atoms with Crippen molar-refractivity contribution in [2.24, 2.45) is 5.73 Å². The standard InChI is InChI=1S/C12H27N.H2O3S/c1-2-3-4-5-6-7-8-9-10-11-12-13;1-4(2)3/h2-13H2,1H3;4H,(H,1,2,3). The van der Waals surface area contributed by atoms with Crippen molar-refractivity contribution in [2.75, 3.05) is 6.54 Å². The molecule has 0 aliphatic rings. The van der Waals surface area contributed by atoms with E-state index in [0.29, 0.717) is 0 Å². The molecule has 0 aromatic heterocycles. The second-order valence-electron chi connectivity index (χ2n) is 4.21. The van der Waals surface area contributed by atoms with Gasteiger partial charge in [0.15, 0.2) is 0 Å². The van der Waals surface area contributed by atoms with Crippen LogP contribution in [0.25, 0.3) is 0 Å². The molecular weight excluding hydrogens is 238 g/mol. The van der Waals surface area contributed by atoms with Crippen LogP contribution < -0.4 is 5.73 Å². The molecule has 5 heteroatoms. The third-order valence-electron chi connectivity index (χ3n) is 2.56.